The van der Waals surface area contributed by atoms with Crippen LogP contribution in [0.2, 0.25) is 0 Å². The van der Waals surface area contributed by atoms with Crippen molar-refractivity contribution in [2.75, 3.05) is 13.2 Å². The van der Waals surface area contributed by atoms with Crippen LogP contribution in [0, 0.1) is 11.3 Å². The van der Waals surface area contributed by atoms with Crippen molar-refractivity contribution >= 4 is 0 Å². The molecule has 1 fully saturated rings. The topological polar surface area (TPSA) is 49.7 Å². The highest BCUT2D eigenvalue weighted by Gasteiger charge is 2.34. The Hall–Kier alpha value is -0.120. The van der Waals surface area contributed by atoms with Gasteiger partial charge >= 0.3 is 0 Å². The minimum Gasteiger partial charge on any atom is -0.394 e. The van der Waals surface area contributed by atoms with Gasteiger partial charge in [0.05, 0.1) is 19.3 Å². The molecule has 0 amide bonds. The Morgan fingerprint density at radius 2 is 1.88 bits per heavy atom. The molecule has 0 aromatic carbocycles. The summed E-state index contributed by atoms with van der Waals surface area (Å²) in [4.78, 5) is 0. The minimum atomic E-state index is -0.734. The number of rotatable bonds is 4. The van der Waals surface area contributed by atoms with Gasteiger partial charge in [-0.25, -0.2) is 0 Å². The van der Waals surface area contributed by atoms with Crippen molar-refractivity contribution in [2.24, 2.45) is 11.3 Å². The van der Waals surface area contributed by atoms with Gasteiger partial charge in [-0.05, 0) is 24.2 Å². The molecule has 0 heterocycles. The van der Waals surface area contributed by atoms with Crippen molar-refractivity contribution < 1.29 is 14.9 Å². The molecule has 0 saturated heterocycles. The summed E-state index contributed by atoms with van der Waals surface area (Å²) in [5.41, 5.74) is 0.259. The summed E-state index contributed by atoms with van der Waals surface area (Å²) in [6.45, 7) is 6.80. The van der Waals surface area contributed by atoms with E-state index in [0.717, 1.165) is 6.42 Å². The molecule has 1 rings (SSSR count). The van der Waals surface area contributed by atoms with Gasteiger partial charge in [0.1, 0.15) is 6.10 Å². The fraction of sp³-hybridized carbons (Fsp3) is 1.00. The number of aliphatic hydroxyl groups excluding tert-OH is 2. The third kappa shape index (κ3) is 4.04. The first kappa shape index (κ1) is 13.9. The SMILES string of the molecule is CC(C)(C)C1CCCCC1OCC(O)CO. The molecule has 0 aromatic heterocycles. The molecule has 3 heteroatoms. The van der Waals surface area contributed by atoms with E-state index in [2.05, 4.69) is 20.8 Å². The molecular weight excluding hydrogens is 204 g/mol. The molecule has 0 bridgehead atoms. The van der Waals surface area contributed by atoms with Gasteiger partial charge in [-0.3, -0.25) is 0 Å². The van der Waals surface area contributed by atoms with Gasteiger partial charge in [-0.2, -0.15) is 0 Å². The number of ether oxygens (including phenoxy) is 1. The second kappa shape index (κ2) is 5.99. The molecule has 0 radical (unpaired) electrons. The van der Waals surface area contributed by atoms with Gasteiger partial charge in [0, 0.05) is 0 Å². The number of hydrogen-bond donors (Lipinski definition) is 2. The van der Waals surface area contributed by atoms with Crippen LogP contribution in [0.1, 0.15) is 46.5 Å². The molecule has 3 atom stereocenters. The Balaban J connectivity index is 2.47. The molecule has 1 saturated carbocycles. The van der Waals surface area contributed by atoms with E-state index < -0.39 is 6.10 Å². The normalized spacial score (nSPS) is 29.1. The van der Waals surface area contributed by atoms with Crippen LogP contribution in [0.5, 0.6) is 0 Å². The highest BCUT2D eigenvalue weighted by Crippen LogP contribution is 2.39. The van der Waals surface area contributed by atoms with Gasteiger partial charge in [0.2, 0.25) is 0 Å². The van der Waals surface area contributed by atoms with Crippen LogP contribution >= 0.6 is 0 Å². The van der Waals surface area contributed by atoms with Crippen molar-refractivity contribution in [1.82, 2.24) is 0 Å². The van der Waals surface area contributed by atoms with Crippen LogP contribution in [0.25, 0.3) is 0 Å². The van der Waals surface area contributed by atoms with E-state index in [4.69, 9.17) is 9.84 Å². The molecule has 0 aromatic rings. The van der Waals surface area contributed by atoms with Crippen LogP contribution in [0.3, 0.4) is 0 Å². The summed E-state index contributed by atoms with van der Waals surface area (Å²) >= 11 is 0. The molecule has 0 spiro atoms. The Morgan fingerprint density at radius 3 is 2.44 bits per heavy atom. The predicted molar refractivity (Wildman–Crippen MR) is 64.2 cm³/mol. The highest BCUT2D eigenvalue weighted by molar-refractivity contribution is 4.84. The molecule has 16 heavy (non-hydrogen) atoms. The molecule has 3 nitrogen and oxygen atoms in total. The second-order valence-corrected chi connectivity index (χ2v) is 5.97. The number of hydrogen-bond acceptors (Lipinski definition) is 3. The minimum absolute atomic E-state index is 0.215. The lowest BCUT2D eigenvalue weighted by Crippen LogP contribution is -2.38. The van der Waals surface area contributed by atoms with Gasteiger partial charge in [0.25, 0.3) is 0 Å². The average Bonchev–Trinajstić information content (AvgIpc) is 2.25. The van der Waals surface area contributed by atoms with Crippen molar-refractivity contribution in [3.05, 3.63) is 0 Å². The van der Waals surface area contributed by atoms with E-state index in [0.29, 0.717) is 5.92 Å². The van der Waals surface area contributed by atoms with Gasteiger partial charge in [-0.15, -0.1) is 0 Å². The summed E-state index contributed by atoms with van der Waals surface area (Å²) in [7, 11) is 0. The van der Waals surface area contributed by atoms with E-state index in [9.17, 15) is 5.11 Å². The van der Waals surface area contributed by atoms with E-state index in [-0.39, 0.29) is 24.7 Å². The molecule has 0 aliphatic heterocycles. The van der Waals surface area contributed by atoms with Crippen molar-refractivity contribution in [3.63, 3.8) is 0 Å². The van der Waals surface area contributed by atoms with Crippen molar-refractivity contribution in [1.29, 1.82) is 0 Å². The zero-order valence-corrected chi connectivity index (χ0v) is 10.8. The predicted octanol–water partition coefficient (Wildman–Crippen LogP) is 1.96. The number of aliphatic hydroxyl groups is 2. The summed E-state index contributed by atoms with van der Waals surface area (Å²) in [6.07, 6.45) is 4.30. The van der Waals surface area contributed by atoms with Crippen LogP contribution in [-0.4, -0.2) is 35.6 Å². The maximum atomic E-state index is 9.30. The first-order chi connectivity index (χ1) is 7.45. The van der Waals surface area contributed by atoms with E-state index in [1.54, 1.807) is 0 Å². The lowest BCUT2D eigenvalue weighted by atomic mass is 9.71. The zero-order valence-electron chi connectivity index (χ0n) is 10.8. The fourth-order valence-corrected chi connectivity index (χ4v) is 2.57. The maximum absolute atomic E-state index is 9.30. The van der Waals surface area contributed by atoms with E-state index >= 15 is 0 Å². The monoisotopic (exact) mass is 230 g/mol. The summed E-state index contributed by atoms with van der Waals surface area (Å²) in [6, 6.07) is 0. The van der Waals surface area contributed by atoms with Gasteiger partial charge < -0.3 is 14.9 Å². The first-order valence-corrected chi connectivity index (χ1v) is 6.35. The van der Waals surface area contributed by atoms with Crippen LogP contribution < -0.4 is 0 Å². The molecule has 1 aliphatic carbocycles. The first-order valence-electron chi connectivity index (χ1n) is 6.35. The average molecular weight is 230 g/mol. The molecule has 1 aliphatic rings. The summed E-state index contributed by atoms with van der Waals surface area (Å²) in [5, 5.41) is 18.1. The van der Waals surface area contributed by atoms with Gasteiger partial charge in [0.15, 0.2) is 0 Å². The Labute approximate surface area is 98.8 Å². The van der Waals surface area contributed by atoms with E-state index in [1.807, 2.05) is 0 Å². The standard InChI is InChI=1S/C13H26O3/c1-13(2,3)11-6-4-5-7-12(11)16-9-10(15)8-14/h10-12,14-15H,4-9H2,1-3H3. The maximum Gasteiger partial charge on any atom is 0.100 e. The largest absolute Gasteiger partial charge is 0.394 e. The summed E-state index contributed by atoms with van der Waals surface area (Å²) < 4.78 is 5.76. The Morgan fingerprint density at radius 1 is 1.25 bits per heavy atom. The Bertz CT molecular complexity index is 198. The van der Waals surface area contributed by atoms with Crippen molar-refractivity contribution in [2.45, 2.75) is 58.7 Å². The van der Waals surface area contributed by atoms with Crippen LogP contribution in [0.4, 0.5) is 0 Å². The molecule has 96 valence electrons. The van der Waals surface area contributed by atoms with Crippen LogP contribution in [-0.2, 0) is 4.74 Å². The molecular formula is C13H26O3. The van der Waals surface area contributed by atoms with Crippen molar-refractivity contribution in [3.8, 4) is 0 Å². The quantitative estimate of drug-likeness (QED) is 0.776. The third-order valence-corrected chi connectivity index (χ3v) is 3.53. The highest BCUT2D eigenvalue weighted by atomic mass is 16.5. The summed E-state index contributed by atoms with van der Waals surface area (Å²) in [5.74, 6) is 0.562. The second-order valence-electron chi connectivity index (χ2n) is 5.97. The lowest BCUT2D eigenvalue weighted by Gasteiger charge is -2.40. The molecule has 3 unspecified atom stereocenters. The lowest BCUT2D eigenvalue weighted by molar-refractivity contribution is -0.0831. The van der Waals surface area contributed by atoms with Crippen LogP contribution in [0.15, 0.2) is 0 Å². The third-order valence-electron chi connectivity index (χ3n) is 3.53. The molecule has 2 N–H and O–H groups in total. The van der Waals surface area contributed by atoms with Gasteiger partial charge in [-0.1, -0.05) is 33.6 Å². The smallest absolute Gasteiger partial charge is 0.100 e. The fourth-order valence-electron chi connectivity index (χ4n) is 2.57. The van der Waals surface area contributed by atoms with E-state index in [1.165, 1.54) is 19.3 Å². The Kier molecular flexibility index (Phi) is 5.22. The zero-order chi connectivity index (χ0) is 12.2.